The molecule has 0 unspecified atom stereocenters. The SMILES string of the molecule is C[C@H](NC(=O)c1ccco1)c1ccco1. The Morgan fingerprint density at radius 1 is 1.27 bits per heavy atom. The Labute approximate surface area is 86.9 Å². The number of carbonyl (C=O) groups excluding carboxylic acids is 1. The van der Waals surface area contributed by atoms with Crippen LogP contribution in [0.1, 0.15) is 29.3 Å². The van der Waals surface area contributed by atoms with Gasteiger partial charge in [0.15, 0.2) is 5.76 Å². The Kier molecular flexibility index (Phi) is 2.58. The van der Waals surface area contributed by atoms with Crippen molar-refractivity contribution in [2.24, 2.45) is 0 Å². The molecule has 2 rings (SSSR count). The van der Waals surface area contributed by atoms with Gasteiger partial charge in [0, 0.05) is 0 Å². The summed E-state index contributed by atoms with van der Waals surface area (Å²) >= 11 is 0. The fraction of sp³-hybridized carbons (Fsp3) is 0.182. The molecule has 0 spiro atoms. The first-order chi connectivity index (χ1) is 7.27. The smallest absolute Gasteiger partial charge is 0.287 e. The van der Waals surface area contributed by atoms with Crippen LogP contribution in [0.4, 0.5) is 0 Å². The minimum atomic E-state index is -0.246. The van der Waals surface area contributed by atoms with Crippen LogP contribution in [0.15, 0.2) is 45.6 Å². The van der Waals surface area contributed by atoms with Gasteiger partial charge in [-0.15, -0.1) is 0 Å². The van der Waals surface area contributed by atoms with E-state index >= 15 is 0 Å². The molecule has 0 aliphatic carbocycles. The predicted octanol–water partition coefficient (Wildman–Crippen LogP) is 2.36. The highest BCUT2D eigenvalue weighted by molar-refractivity contribution is 5.91. The largest absolute Gasteiger partial charge is 0.467 e. The lowest BCUT2D eigenvalue weighted by molar-refractivity contribution is 0.0907. The second-order valence-electron chi connectivity index (χ2n) is 3.19. The van der Waals surface area contributed by atoms with Crippen LogP contribution in [0.2, 0.25) is 0 Å². The lowest BCUT2D eigenvalue weighted by Gasteiger charge is -2.09. The highest BCUT2D eigenvalue weighted by atomic mass is 16.3. The summed E-state index contributed by atoms with van der Waals surface area (Å²) in [4.78, 5) is 11.6. The van der Waals surface area contributed by atoms with Gasteiger partial charge in [0.2, 0.25) is 0 Å². The third-order valence-corrected chi connectivity index (χ3v) is 2.06. The molecule has 0 fully saturated rings. The van der Waals surface area contributed by atoms with E-state index in [-0.39, 0.29) is 11.9 Å². The van der Waals surface area contributed by atoms with Gasteiger partial charge in [-0.2, -0.15) is 0 Å². The fourth-order valence-corrected chi connectivity index (χ4v) is 1.28. The summed E-state index contributed by atoms with van der Waals surface area (Å²) in [5.41, 5.74) is 0. The molecule has 15 heavy (non-hydrogen) atoms. The zero-order valence-electron chi connectivity index (χ0n) is 8.27. The molecular weight excluding hydrogens is 194 g/mol. The van der Waals surface area contributed by atoms with Crippen molar-refractivity contribution >= 4 is 5.91 Å². The zero-order chi connectivity index (χ0) is 10.7. The predicted molar refractivity (Wildman–Crippen MR) is 53.3 cm³/mol. The van der Waals surface area contributed by atoms with Gasteiger partial charge in [-0.1, -0.05) is 0 Å². The minimum absolute atomic E-state index is 0.169. The quantitative estimate of drug-likeness (QED) is 0.836. The maximum atomic E-state index is 11.6. The van der Waals surface area contributed by atoms with Crippen molar-refractivity contribution in [1.82, 2.24) is 5.32 Å². The molecule has 0 saturated heterocycles. The Bertz CT molecular complexity index is 417. The molecule has 0 saturated carbocycles. The summed E-state index contributed by atoms with van der Waals surface area (Å²) in [6.45, 7) is 1.85. The topological polar surface area (TPSA) is 55.4 Å². The number of hydrogen-bond acceptors (Lipinski definition) is 3. The molecule has 78 valence electrons. The monoisotopic (exact) mass is 205 g/mol. The maximum absolute atomic E-state index is 11.6. The molecule has 4 nitrogen and oxygen atoms in total. The maximum Gasteiger partial charge on any atom is 0.287 e. The Morgan fingerprint density at radius 3 is 2.60 bits per heavy atom. The minimum Gasteiger partial charge on any atom is -0.467 e. The van der Waals surface area contributed by atoms with Gasteiger partial charge in [-0.25, -0.2) is 0 Å². The van der Waals surface area contributed by atoms with Crippen molar-refractivity contribution in [2.75, 3.05) is 0 Å². The van der Waals surface area contributed by atoms with E-state index in [0.29, 0.717) is 5.76 Å². The van der Waals surface area contributed by atoms with E-state index in [1.807, 2.05) is 13.0 Å². The number of carbonyl (C=O) groups is 1. The molecule has 1 N–H and O–H groups in total. The number of hydrogen-bond donors (Lipinski definition) is 1. The van der Waals surface area contributed by atoms with Crippen LogP contribution < -0.4 is 5.32 Å². The van der Waals surface area contributed by atoms with Crippen LogP contribution in [0.5, 0.6) is 0 Å². The van der Waals surface area contributed by atoms with Crippen LogP contribution in [-0.2, 0) is 0 Å². The van der Waals surface area contributed by atoms with E-state index in [1.54, 1.807) is 24.5 Å². The Balaban J connectivity index is 2.01. The molecule has 4 heteroatoms. The zero-order valence-corrected chi connectivity index (χ0v) is 8.27. The average Bonchev–Trinajstić information content (AvgIpc) is 2.91. The van der Waals surface area contributed by atoms with Crippen molar-refractivity contribution in [1.29, 1.82) is 0 Å². The van der Waals surface area contributed by atoms with Crippen molar-refractivity contribution in [3.05, 3.63) is 48.3 Å². The summed E-state index contributed by atoms with van der Waals surface area (Å²) in [7, 11) is 0. The third-order valence-electron chi connectivity index (χ3n) is 2.06. The molecule has 1 amide bonds. The summed E-state index contributed by atoms with van der Waals surface area (Å²) in [6.07, 6.45) is 3.04. The third kappa shape index (κ3) is 2.10. The molecule has 0 bridgehead atoms. The first kappa shape index (κ1) is 9.58. The second kappa shape index (κ2) is 4.04. The average molecular weight is 205 g/mol. The van der Waals surface area contributed by atoms with Gasteiger partial charge in [0.05, 0.1) is 18.6 Å². The van der Waals surface area contributed by atoms with Crippen molar-refractivity contribution < 1.29 is 13.6 Å². The lowest BCUT2D eigenvalue weighted by Crippen LogP contribution is -2.25. The lowest BCUT2D eigenvalue weighted by atomic mass is 10.2. The van der Waals surface area contributed by atoms with Crippen molar-refractivity contribution in [3.8, 4) is 0 Å². The van der Waals surface area contributed by atoms with E-state index in [9.17, 15) is 4.79 Å². The molecular formula is C11H11NO3. The Hall–Kier alpha value is -1.97. The first-order valence-corrected chi connectivity index (χ1v) is 4.65. The van der Waals surface area contributed by atoms with Crippen LogP contribution >= 0.6 is 0 Å². The van der Waals surface area contributed by atoms with Gasteiger partial charge < -0.3 is 14.2 Å². The standard InChI is InChI=1S/C11H11NO3/c1-8(9-4-2-6-14-9)12-11(13)10-5-3-7-15-10/h2-8H,1H3,(H,12,13)/t8-/m0/s1. The number of furan rings is 2. The van der Waals surface area contributed by atoms with E-state index in [1.165, 1.54) is 6.26 Å². The normalized spacial score (nSPS) is 12.3. The number of rotatable bonds is 3. The van der Waals surface area contributed by atoms with Crippen LogP contribution in [0, 0.1) is 0 Å². The van der Waals surface area contributed by atoms with Crippen LogP contribution in [0.3, 0.4) is 0 Å². The molecule has 2 aromatic heterocycles. The van der Waals surface area contributed by atoms with Gasteiger partial charge in [0.25, 0.3) is 5.91 Å². The summed E-state index contributed by atoms with van der Waals surface area (Å²) in [5.74, 6) is 0.771. The van der Waals surface area contributed by atoms with E-state index < -0.39 is 0 Å². The second-order valence-corrected chi connectivity index (χ2v) is 3.19. The molecule has 0 aliphatic heterocycles. The van der Waals surface area contributed by atoms with Gasteiger partial charge >= 0.3 is 0 Å². The highest BCUT2D eigenvalue weighted by Gasteiger charge is 2.14. The molecule has 2 aromatic rings. The van der Waals surface area contributed by atoms with Crippen molar-refractivity contribution in [2.45, 2.75) is 13.0 Å². The number of nitrogens with one attached hydrogen (secondary N) is 1. The van der Waals surface area contributed by atoms with Gasteiger partial charge in [-0.05, 0) is 31.2 Å². The van der Waals surface area contributed by atoms with Crippen LogP contribution in [-0.4, -0.2) is 5.91 Å². The molecule has 0 aliphatic rings. The van der Waals surface area contributed by atoms with E-state index in [0.717, 1.165) is 5.76 Å². The van der Waals surface area contributed by atoms with E-state index in [2.05, 4.69) is 5.32 Å². The highest BCUT2D eigenvalue weighted by Crippen LogP contribution is 2.13. The molecule has 1 atom stereocenters. The summed E-state index contributed by atoms with van der Waals surface area (Å²) in [5, 5.41) is 2.76. The fourth-order valence-electron chi connectivity index (χ4n) is 1.28. The van der Waals surface area contributed by atoms with Crippen LogP contribution in [0.25, 0.3) is 0 Å². The summed E-state index contributed by atoms with van der Waals surface area (Å²) < 4.78 is 10.1. The van der Waals surface area contributed by atoms with Gasteiger partial charge in [0.1, 0.15) is 5.76 Å². The number of amides is 1. The first-order valence-electron chi connectivity index (χ1n) is 4.65. The molecule has 0 radical (unpaired) electrons. The summed E-state index contributed by atoms with van der Waals surface area (Å²) in [6, 6.07) is 6.71. The Morgan fingerprint density at radius 2 is 2.00 bits per heavy atom. The van der Waals surface area contributed by atoms with Crippen molar-refractivity contribution in [3.63, 3.8) is 0 Å². The molecule has 0 aromatic carbocycles. The van der Waals surface area contributed by atoms with E-state index in [4.69, 9.17) is 8.83 Å². The van der Waals surface area contributed by atoms with Gasteiger partial charge in [-0.3, -0.25) is 4.79 Å². The molecule has 2 heterocycles.